The van der Waals surface area contributed by atoms with Crippen molar-refractivity contribution in [2.45, 2.75) is 20.3 Å². The Bertz CT molecular complexity index is 825. The first-order valence-electron chi connectivity index (χ1n) is 6.41. The highest BCUT2D eigenvalue weighted by molar-refractivity contribution is 7.22. The Kier molecular flexibility index (Phi) is 3.93. The molecule has 0 radical (unpaired) electrons. The van der Waals surface area contributed by atoms with Crippen LogP contribution < -0.4 is 5.32 Å². The third-order valence-electron chi connectivity index (χ3n) is 2.98. The van der Waals surface area contributed by atoms with E-state index in [4.69, 9.17) is 11.6 Å². The Labute approximate surface area is 134 Å². The standard InChI is InChI=1S/C14H12ClN3OS2/c1-3-10-17-18-14(21-10)16-13(19)12-11(15)8-5-4-7(2)6-9(8)20-12/h4-6H,3H2,1-2H3,(H,16,18,19). The van der Waals surface area contributed by atoms with Gasteiger partial charge in [-0.2, -0.15) is 0 Å². The molecule has 1 N–H and O–H groups in total. The minimum atomic E-state index is -0.238. The van der Waals surface area contributed by atoms with Crippen LogP contribution in [0, 0.1) is 6.92 Å². The molecule has 108 valence electrons. The summed E-state index contributed by atoms with van der Waals surface area (Å²) in [4.78, 5) is 12.8. The van der Waals surface area contributed by atoms with E-state index in [2.05, 4.69) is 15.5 Å². The maximum atomic E-state index is 12.3. The molecule has 4 nitrogen and oxygen atoms in total. The summed E-state index contributed by atoms with van der Waals surface area (Å²) in [5.74, 6) is -0.238. The van der Waals surface area contributed by atoms with Gasteiger partial charge in [-0.15, -0.1) is 21.5 Å². The Balaban J connectivity index is 1.92. The number of nitrogens with zero attached hydrogens (tertiary/aromatic N) is 2. The van der Waals surface area contributed by atoms with Crippen molar-refractivity contribution in [2.24, 2.45) is 0 Å². The highest BCUT2D eigenvalue weighted by Crippen LogP contribution is 2.36. The molecule has 2 heterocycles. The summed E-state index contributed by atoms with van der Waals surface area (Å²) < 4.78 is 1.01. The number of aromatic nitrogens is 2. The molecule has 0 unspecified atom stereocenters. The lowest BCUT2D eigenvalue weighted by molar-refractivity contribution is 0.103. The highest BCUT2D eigenvalue weighted by Gasteiger charge is 2.18. The van der Waals surface area contributed by atoms with E-state index in [1.54, 1.807) is 0 Å². The third kappa shape index (κ3) is 2.79. The molecule has 0 aliphatic heterocycles. The summed E-state index contributed by atoms with van der Waals surface area (Å²) in [6.45, 7) is 4.01. The van der Waals surface area contributed by atoms with E-state index in [0.29, 0.717) is 15.0 Å². The van der Waals surface area contributed by atoms with Gasteiger partial charge in [-0.1, -0.05) is 42.0 Å². The number of carbonyl (C=O) groups excluding carboxylic acids is 1. The second-order valence-electron chi connectivity index (χ2n) is 4.55. The first-order chi connectivity index (χ1) is 10.1. The molecule has 2 aromatic heterocycles. The molecule has 7 heteroatoms. The number of carbonyl (C=O) groups is 1. The van der Waals surface area contributed by atoms with Crippen molar-refractivity contribution in [3.8, 4) is 0 Å². The lowest BCUT2D eigenvalue weighted by Gasteiger charge is -1.98. The summed E-state index contributed by atoms with van der Waals surface area (Å²) in [5, 5.41) is 13.5. The van der Waals surface area contributed by atoms with E-state index in [-0.39, 0.29) is 5.91 Å². The van der Waals surface area contributed by atoms with Gasteiger partial charge in [0, 0.05) is 10.1 Å². The predicted molar refractivity (Wildman–Crippen MR) is 88.8 cm³/mol. The zero-order valence-electron chi connectivity index (χ0n) is 11.4. The summed E-state index contributed by atoms with van der Waals surface area (Å²) in [6.07, 6.45) is 0.802. The number of benzene rings is 1. The first-order valence-corrected chi connectivity index (χ1v) is 8.42. The Morgan fingerprint density at radius 3 is 2.86 bits per heavy atom. The normalized spacial score (nSPS) is 11.0. The summed E-state index contributed by atoms with van der Waals surface area (Å²) >= 11 is 9.09. The predicted octanol–water partition coefficient (Wildman–Crippen LogP) is 4.53. The molecule has 3 rings (SSSR count). The largest absolute Gasteiger partial charge is 0.296 e. The van der Waals surface area contributed by atoms with Gasteiger partial charge in [0.25, 0.3) is 5.91 Å². The van der Waals surface area contributed by atoms with Gasteiger partial charge in [-0.3, -0.25) is 10.1 Å². The number of fused-ring (bicyclic) bond motifs is 1. The fourth-order valence-electron chi connectivity index (χ4n) is 1.92. The number of hydrogen-bond donors (Lipinski definition) is 1. The minimum absolute atomic E-state index is 0.238. The zero-order chi connectivity index (χ0) is 15.0. The van der Waals surface area contributed by atoms with Crippen LogP contribution in [0.15, 0.2) is 18.2 Å². The van der Waals surface area contributed by atoms with Crippen molar-refractivity contribution >= 4 is 55.4 Å². The molecular weight excluding hydrogens is 326 g/mol. The fourth-order valence-corrected chi connectivity index (χ4v) is 4.10. The number of aryl methyl sites for hydroxylation is 2. The van der Waals surface area contributed by atoms with Gasteiger partial charge in [0.15, 0.2) is 0 Å². The van der Waals surface area contributed by atoms with E-state index < -0.39 is 0 Å². The van der Waals surface area contributed by atoms with Crippen LogP contribution in [0.4, 0.5) is 5.13 Å². The number of halogens is 1. The zero-order valence-corrected chi connectivity index (χ0v) is 13.8. The molecule has 0 bridgehead atoms. The highest BCUT2D eigenvalue weighted by atomic mass is 35.5. The summed E-state index contributed by atoms with van der Waals surface area (Å²) in [5.41, 5.74) is 1.14. The summed E-state index contributed by atoms with van der Waals surface area (Å²) in [7, 11) is 0. The number of rotatable bonds is 3. The molecule has 1 aromatic carbocycles. The monoisotopic (exact) mass is 337 g/mol. The average Bonchev–Trinajstić information content (AvgIpc) is 3.03. The van der Waals surface area contributed by atoms with Gasteiger partial charge in [-0.05, 0) is 25.0 Å². The van der Waals surface area contributed by atoms with E-state index in [1.807, 2.05) is 32.0 Å². The van der Waals surface area contributed by atoms with Crippen molar-refractivity contribution in [3.05, 3.63) is 38.7 Å². The van der Waals surface area contributed by atoms with Crippen LogP contribution in [-0.2, 0) is 6.42 Å². The van der Waals surface area contributed by atoms with Gasteiger partial charge in [0.05, 0.1) is 5.02 Å². The van der Waals surface area contributed by atoms with E-state index in [1.165, 1.54) is 22.7 Å². The maximum absolute atomic E-state index is 12.3. The minimum Gasteiger partial charge on any atom is -0.296 e. The van der Waals surface area contributed by atoms with Crippen LogP contribution in [0.1, 0.15) is 27.2 Å². The van der Waals surface area contributed by atoms with Crippen molar-refractivity contribution in [1.82, 2.24) is 10.2 Å². The maximum Gasteiger partial charge on any atom is 0.269 e. The van der Waals surface area contributed by atoms with Crippen LogP contribution in [-0.4, -0.2) is 16.1 Å². The van der Waals surface area contributed by atoms with Crippen molar-refractivity contribution in [3.63, 3.8) is 0 Å². The second-order valence-corrected chi connectivity index (χ2v) is 7.05. The number of thiophene rings is 1. The van der Waals surface area contributed by atoms with E-state index in [9.17, 15) is 4.79 Å². The van der Waals surface area contributed by atoms with Gasteiger partial charge in [-0.25, -0.2) is 0 Å². The number of anilines is 1. The lowest BCUT2D eigenvalue weighted by atomic mass is 10.2. The first kappa shape index (κ1) is 14.4. The van der Waals surface area contributed by atoms with Crippen LogP contribution in [0.25, 0.3) is 10.1 Å². The average molecular weight is 338 g/mol. The van der Waals surface area contributed by atoms with Crippen LogP contribution in [0.5, 0.6) is 0 Å². The lowest BCUT2D eigenvalue weighted by Crippen LogP contribution is -2.10. The molecule has 0 saturated heterocycles. The number of hydrogen-bond acceptors (Lipinski definition) is 5. The molecule has 3 aromatic rings. The van der Waals surface area contributed by atoms with Crippen LogP contribution in [0.2, 0.25) is 5.02 Å². The Morgan fingerprint density at radius 1 is 1.33 bits per heavy atom. The SMILES string of the molecule is CCc1nnc(NC(=O)c2sc3cc(C)ccc3c2Cl)s1. The van der Waals surface area contributed by atoms with Crippen molar-refractivity contribution < 1.29 is 4.79 Å². The second kappa shape index (κ2) is 5.71. The van der Waals surface area contributed by atoms with Crippen molar-refractivity contribution in [2.75, 3.05) is 5.32 Å². The summed E-state index contributed by atoms with van der Waals surface area (Å²) in [6, 6.07) is 5.96. The molecule has 0 spiro atoms. The van der Waals surface area contributed by atoms with Gasteiger partial charge >= 0.3 is 0 Å². The van der Waals surface area contributed by atoms with Crippen molar-refractivity contribution in [1.29, 1.82) is 0 Å². The van der Waals surface area contributed by atoms with E-state index in [0.717, 1.165) is 27.1 Å². The third-order valence-corrected chi connectivity index (χ3v) is 5.62. The van der Waals surface area contributed by atoms with Gasteiger partial charge < -0.3 is 0 Å². The number of nitrogens with one attached hydrogen (secondary N) is 1. The number of amides is 1. The molecule has 0 aliphatic rings. The smallest absolute Gasteiger partial charge is 0.269 e. The Hall–Kier alpha value is -1.50. The molecular formula is C14H12ClN3OS2. The fraction of sp³-hybridized carbons (Fsp3) is 0.214. The van der Waals surface area contributed by atoms with Gasteiger partial charge in [0.2, 0.25) is 5.13 Å². The van der Waals surface area contributed by atoms with Crippen LogP contribution in [0.3, 0.4) is 0 Å². The molecule has 21 heavy (non-hydrogen) atoms. The topological polar surface area (TPSA) is 54.9 Å². The quantitative estimate of drug-likeness (QED) is 0.764. The Morgan fingerprint density at radius 2 is 2.14 bits per heavy atom. The van der Waals surface area contributed by atoms with E-state index >= 15 is 0 Å². The molecule has 0 saturated carbocycles. The molecule has 0 atom stereocenters. The van der Waals surface area contributed by atoms with Crippen LogP contribution >= 0.6 is 34.3 Å². The molecule has 0 aliphatic carbocycles. The molecule has 0 fully saturated rings. The van der Waals surface area contributed by atoms with Gasteiger partial charge in [0.1, 0.15) is 9.88 Å². The molecule has 1 amide bonds.